The van der Waals surface area contributed by atoms with E-state index in [4.69, 9.17) is 0 Å². The van der Waals surface area contributed by atoms with Gasteiger partial charge in [-0.1, -0.05) is 38.5 Å². The molecule has 1 aromatic carbocycles. The van der Waals surface area contributed by atoms with Gasteiger partial charge in [0.25, 0.3) is 11.6 Å². The summed E-state index contributed by atoms with van der Waals surface area (Å²) in [6.45, 7) is 5.93. The largest absolute Gasteiger partial charge is 0.440 e. The Hall–Kier alpha value is -2.58. The molecule has 1 fully saturated rings. The number of carbonyl (C=O) groups is 3. The predicted octanol–water partition coefficient (Wildman–Crippen LogP) is 2.47. The van der Waals surface area contributed by atoms with E-state index in [0.717, 1.165) is 5.56 Å². The molecule has 25 heavy (non-hydrogen) atoms. The highest BCUT2D eigenvalue weighted by molar-refractivity contribution is 6.24. The number of hydrogen-bond acceptors (Lipinski definition) is 3. The van der Waals surface area contributed by atoms with Crippen molar-refractivity contribution in [3.63, 3.8) is 0 Å². The Morgan fingerprint density at radius 1 is 1.12 bits per heavy atom. The van der Waals surface area contributed by atoms with E-state index in [1.165, 1.54) is 32.9 Å². The summed E-state index contributed by atoms with van der Waals surface area (Å²) in [7, 11) is 0. The quantitative estimate of drug-likeness (QED) is 0.798. The minimum absolute atomic E-state index is 0.0239. The maximum Gasteiger partial charge on any atom is 0.440 e. The highest BCUT2D eigenvalue weighted by atomic mass is 19.4. The summed E-state index contributed by atoms with van der Waals surface area (Å²) in [6, 6.07) is 4.55. The monoisotopic (exact) mass is 357 g/mol. The number of alkyl halides is 3. The third-order valence-corrected chi connectivity index (χ3v) is 3.72. The summed E-state index contributed by atoms with van der Waals surface area (Å²) >= 11 is 0. The van der Waals surface area contributed by atoms with Crippen molar-refractivity contribution in [1.82, 2.24) is 10.6 Å². The van der Waals surface area contributed by atoms with E-state index < -0.39 is 35.1 Å². The molecule has 2 rings (SSSR count). The fraction of sp³-hybridized carbons (Fsp3) is 0.438. The minimum atomic E-state index is -5.22. The standard InChI is InChI=1S/C16H18F3N3O3/c1-9-5-7-10(8-6-9)22-12(24)15(16(17,18)19,21-13(22)25)20-11(23)14(2,3)4/h5-8H,1-4H3,(H,20,23)(H,21,25)/t15-/m1/s1. The van der Waals surface area contributed by atoms with Crippen molar-refractivity contribution in [2.45, 2.75) is 39.5 Å². The second-order valence-electron chi connectivity index (χ2n) is 6.86. The molecule has 1 heterocycles. The first-order valence-corrected chi connectivity index (χ1v) is 7.42. The normalized spacial score (nSPS) is 21.3. The van der Waals surface area contributed by atoms with Gasteiger partial charge in [-0.2, -0.15) is 13.2 Å². The zero-order valence-corrected chi connectivity index (χ0v) is 14.1. The van der Waals surface area contributed by atoms with Crippen LogP contribution in [0, 0.1) is 12.3 Å². The van der Waals surface area contributed by atoms with Gasteiger partial charge in [0.15, 0.2) is 0 Å². The number of imide groups is 1. The highest BCUT2D eigenvalue weighted by Crippen LogP contribution is 2.36. The number of rotatable bonds is 2. The highest BCUT2D eigenvalue weighted by Gasteiger charge is 2.69. The van der Waals surface area contributed by atoms with E-state index >= 15 is 0 Å². The van der Waals surface area contributed by atoms with Gasteiger partial charge < -0.3 is 5.32 Å². The number of amides is 4. The molecule has 0 bridgehead atoms. The smallest absolute Gasteiger partial charge is 0.317 e. The number of benzene rings is 1. The Morgan fingerprint density at radius 3 is 2.08 bits per heavy atom. The van der Waals surface area contributed by atoms with Crippen LogP contribution in [0.3, 0.4) is 0 Å². The molecule has 136 valence electrons. The lowest BCUT2D eigenvalue weighted by molar-refractivity contribution is -0.202. The first-order valence-electron chi connectivity index (χ1n) is 7.42. The summed E-state index contributed by atoms with van der Waals surface area (Å²) in [5.74, 6) is -2.63. The molecule has 9 heteroatoms. The summed E-state index contributed by atoms with van der Waals surface area (Å²) < 4.78 is 41.0. The maximum atomic E-state index is 13.7. The molecule has 6 nitrogen and oxygen atoms in total. The Balaban J connectivity index is 2.49. The van der Waals surface area contributed by atoms with Crippen LogP contribution in [-0.4, -0.2) is 29.7 Å². The molecule has 0 saturated carbocycles. The molecule has 0 aromatic heterocycles. The zero-order valence-electron chi connectivity index (χ0n) is 14.1. The van der Waals surface area contributed by atoms with E-state index in [0.29, 0.717) is 4.90 Å². The van der Waals surface area contributed by atoms with Gasteiger partial charge in [0.2, 0.25) is 5.91 Å². The lowest BCUT2D eigenvalue weighted by atomic mass is 9.94. The van der Waals surface area contributed by atoms with Gasteiger partial charge in [-0.05, 0) is 19.1 Å². The van der Waals surface area contributed by atoms with E-state index in [2.05, 4.69) is 0 Å². The molecule has 0 spiro atoms. The van der Waals surface area contributed by atoms with Gasteiger partial charge in [0.1, 0.15) is 0 Å². The fourth-order valence-corrected chi connectivity index (χ4v) is 2.16. The number of carbonyl (C=O) groups excluding carboxylic acids is 3. The lowest BCUT2D eigenvalue weighted by Gasteiger charge is -2.32. The van der Waals surface area contributed by atoms with Crippen LogP contribution in [0.4, 0.5) is 23.7 Å². The number of hydrogen-bond donors (Lipinski definition) is 2. The molecule has 1 aromatic rings. The fourth-order valence-electron chi connectivity index (χ4n) is 2.16. The second-order valence-corrected chi connectivity index (χ2v) is 6.86. The van der Waals surface area contributed by atoms with Crippen molar-refractivity contribution < 1.29 is 27.6 Å². The van der Waals surface area contributed by atoms with E-state index in [9.17, 15) is 27.6 Å². The van der Waals surface area contributed by atoms with Gasteiger partial charge in [0.05, 0.1) is 5.69 Å². The molecule has 1 atom stereocenters. The van der Waals surface area contributed by atoms with Gasteiger partial charge in [-0.25, -0.2) is 9.69 Å². The van der Waals surface area contributed by atoms with Gasteiger partial charge in [0, 0.05) is 5.41 Å². The second kappa shape index (κ2) is 5.75. The van der Waals surface area contributed by atoms with Crippen molar-refractivity contribution in [2.24, 2.45) is 5.41 Å². The molecule has 4 amide bonds. The van der Waals surface area contributed by atoms with Crippen LogP contribution in [0.15, 0.2) is 24.3 Å². The number of urea groups is 1. The van der Waals surface area contributed by atoms with Gasteiger partial charge >= 0.3 is 12.2 Å². The van der Waals surface area contributed by atoms with Crippen molar-refractivity contribution in [1.29, 1.82) is 0 Å². The topological polar surface area (TPSA) is 78.5 Å². The van der Waals surface area contributed by atoms with E-state index in [-0.39, 0.29) is 5.69 Å². The van der Waals surface area contributed by atoms with Crippen LogP contribution in [0.1, 0.15) is 26.3 Å². The van der Waals surface area contributed by atoms with Crippen molar-refractivity contribution >= 4 is 23.5 Å². The molecular weight excluding hydrogens is 339 g/mol. The predicted molar refractivity (Wildman–Crippen MR) is 83.6 cm³/mol. The minimum Gasteiger partial charge on any atom is -0.317 e. The number of nitrogens with zero attached hydrogens (tertiary/aromatic N) is 1. The van der Waals surface area contributed by atoms with Crippen molar-refractivity contribution in [3.8, 4) is 0 Å². The molecule has 0 radical (unpaired) electrons. The summed E-state index contributed by atoms with van der Waals surface area (Å²) in [4.78, 5) is 37.1. The van der Waals surface area contributed by atoms with Crippen LogP contribution < -0.4 is 15.5 Å². The number of aryl methyl sites for hydroxylation is 1. The average Bonchev–Trinajstić information content (AvgIpc) is 2.71. The van der Waals surface area contributed by atoms with Gasteiger partial charge in [-0.15, -0.1) is 0 Å². The van der Waals surface area contributed by atoms with Crippen LogP contribution in [-0.2, 0) is 9.59 Å². The van der Waals surface area contributed by atoms with Crippen LogP contribution in [0.2, 0.25) is 0 Å². The molecule has 1 aliphatic rings. The zero-order chi connectivity index (χ0) is 19.2. The van der Waals surface area contributed by atoms with Crippen LogP contribution in [0.5, 0.6) is 0 Å². The van der Waals surface area contributed by atoms with Crippen molar-refractivity contribution in [2.75, 3.05) is 4.90 Å². The molecule has 0 unspecified atom stereocenters. The Labute approximate surface area is 142 Å². The summed E-state index contributed by atoms with van der Waals surface area (Å²) in [5.41, 5.74) is -3.91. The lowest BCUT2D eigenvalue weighted by Crippen LogP contribution is -2.70. The summed E-state index contributed by atoms with van der Waals surface area (Å²) in [6.07, 6.45) is -5.22. The van der Waals surface area contributed by atoms with Crippen LogP contribution in [0.25, 0.3) is 0 Å². The molecule has 0 aliphatic carbocycles. The SMILES string of the molecule is Cc1ccc(N2C(=O)N[C@@](NC(=O)C(C)(C)C)(C(F)(F)F)C2=O)cc1. The number of nitrogens with one attached hydrogen (secondary N) is 2. The van der Waals surface area contributed by atoms with Crippen molar-refractivity contribution in [3.05, 3.63) is 29.8 Å². The molecule has 1 aliphatic heterocycles. The number of halogens is 3. The third kappa shape index (κ3) is 3.18. The van der Waals surface area contributed by atoms with Crippen LogP contribution >= 0.6 is 0 Å². The molecule has 1 saturated heterocycles. The Bertz CT molecular complexity index is 723. The van der Waals surface area contributed by atoms with E-state index in [1.807, 2.05) is 0 Å². The number of anilines is 1. The maximum absolute atomic E-state index is 13.7. The first kappa shape index (κ1) is 18.8. The molecule has 2 N–H and O–H groups in total. The van der Waals surface area contributed by atoms with Gasteiger partial charge in [-0.3, -0.25) is 14.9 Å². The van der Waals surface area contributed by atoms with E-state index in [1.54, 1.807) is 29.7 Å². The Kier molecular flexibility index (Phi) is 4.31. The average molecular weight is 357 g/mol. The molecular formula is C16H18F3N3O3. The Morgan fingerprint density at radius 2 is 1.64 bits per heavy atom. The first-order chi connectivity index (χ1) is 11.3. The third-order valence-electron chi connectivity index (χ3n) is 3.72. The summed E-state index contributed by atoms with van der Waals surface area (Å²) in [5, 5.41) is 3.28.